The quantitative estimate of drug-likeness (QED) is 0.629. The number of fused-ring (bicyclic) bond motifs is 1. The number of carbonyl (C=O) groups is 1. The average Bonchev–Trinajstić information content (AvgIpc) is 2.93. The van der Waals surface area contributed by atoms with Gasteiger partial charge in [-0.1, -0.05) is 29.8 Å². The zero-order valence-electron chi connectivity index (χ0n) is 11.4. The maximum Gasteiger partial charge on any atom is 0.176 e. The molecule has 0 bridgehead atoms. The second-order valence-corrected chi connectivity index (χ2v) is 5.97. The first-order chi connectivity index (χ1) is 9.74. The summed E-state index contributed by atoms with van der Waals surface area (Å²) < 4.78 is 5.59. The Balaban J connectivity index is 1.73. The highest BCUT2D eigenvalue weighted by Gasteiger charge is 2.20. The number of aryl methyl sites for hydroxylation is 1. The van der Waals surface area contributed by atoms with E-state index in [2.05, 4.69) is 19.1 Å². The van der Waals surface area contributed by atoms with Crippen LogP contribution in [0, 0.1) is 6.92 Å². The van der Waals surface area contributed by atoms with Gasteiger partial charge in [-0.25, -0.2) is 0 Å². The molecule has 0 amide bonds. The van der Waals surface area contributed by atoms with Crippen LogP contribution in [0.1, 0.15) is 21.5 Å². The minimum absolute atomic E-state index is 0.134. The van der Waals surface area contributed by atoms with E-state index >= 15 is 0 Å². The molecular weight excluding hydrogens is 268 g/mol. The molecule has 0 radical (unpaired) electrons. The Bertz CT molecular complexity index is 649. The lowest BCUT2D eigenvalue weighted by Crippen LogP contribution is -2.04. The first-order valence-corrected chi connectivity index (χ1v) is 7.70. The maximum atomic E-state index is 12.4. The minimum Gasteiger partial charge on any atom is -0.492 e. The molecule has 0 aromatic heterocycles. The van der Waals surface area contributed by atoms with E-state index in [1.165, 1.54) is 5.56 Å². The van der Waals surface area contributed by atoms with Gasteiger partial charge in [0.15, 0.2) is 5.78 Å². The lowest BCUT2D eigenvalue weighted by molar-refractivity contribution is 0.101. The molecular formula is C17H16O2S. The molecule has 0 saturated heterocycles. The Kier molecular flexibility index (Phi) is 3.79. The van der Waals surface area contributed by atoms with E-state index in [9.17, 15) is 4.79 Å². The molecule has 3 rings (SSSR count). The second kappa shape index (κ2) is 5.71. The third-order valence-electron chi connectivity index (χ3n) is 3.37. The van der Waals surface area contributed by atoms with Gasteiger partial charge in [-0.2, -0.15) is 0 Å². The Morgan fingerprint density at radius 1 is 1.25 bits per heavy atom. The molecule has 102 valence electrons. The van der Waals surface area contributed by atoms with E-state index < -0.39 is 0 Å². The third kappa shape index (κ3) is 2.73. The Morgan fingerprint density at radius 2 is 2.10 bits per heavy atom. The molecule has 2 aromatic carbocycles. The molecule has 0 saturated carbocycles. The fourth-order valence-electron chi connectivity index (χ4n) is 2.37. The van der Waals surface area contributed by atoms with Crippen LogP contribution in [0.15, 0.2) is 47.4 Å². The second-order valence-electron chi connectivity index (χ2n) is 4.92. The smallest absolute Gasteiger partial charge is 0.176 e. The molecule has 0 fully saturated rings. The standard InChI is InChI=1S/C17H16O2S/c1-12-4-2-6-14(10-12)20-11-16(18)15-7-3-5-13-8-9-19-17(13)15/h2-7,10H,8-9,11H2,1H3. The number of hydrogen-bond donors (Lipinski definition) is 0. The molecule has 1 heterocycles. The van der Waals surface area contributed by atoms with Crippen LogP contribution in [0.25, 0.3) is 0 Å². The molecule has 20 heavy (non-hydrogen) atoms. The normalized spacial score (nSPS) is 12.8. The van der Waals surface area contributed by atoms with Gasteiger partial charge in [-0.15, -0.1) is 11.8 Å². The summed E-state index contributed by atoms with van der Waals surface area (Å²) in [6.07, 6.45) is 0.904. The predicted molar refractivity (Wildman–Crippen MR) is 81.9 cm³/mol. The molecule has 0 spiro atoms. The highest BCUT2D eigenvalue weighted by molar-refractivity contribution is 8.00. The van der Waals surface area contributed by atoms with Crippen LogP contribution < -0.4 is 4.74 Å². The van der Waals surface area contributed by atoms with E-state index in [-0.39, 0.29) is 5.78 Å². The fraction of sp³-hybridized carbons (Fsp3) is 0.235. The van der Waals surface area contributed by atoms with Gasteiger partial charge in [0.2, 0.25) is 0 Å². The molecule has 1 aliphatic rings. The molecule has 0 aliphatic carbocycles. The summed E-state index contributed by atoms with van der Waals surface area (Å²) in [4.78, 5) is 13.5. The summed E-state index contributed by atoms with van der Waals surface area (Å²) in [5.74, 6) is 1.38. The van der Waals surface area contributed by atoms with Crippen molar-refractivity contribution >= 4 is 17.5 Å². The van der Waals surface area contributed by atoms with Gasteiger partial charge >= 0.3 is 0 Å². The summed E-state index contributed by atoms with van der Waals surface area (Å²) in [6, 6.07) is 14.1. The molecule has 0 N–H and O–H groups in total. The Labute approximate surface area is 123 Å². The minimum atomic E-state index is 0.134. The van der Waals surface area contributed by atoms with E-state index in [0.29, 0.717) is 12.4 Å². The van der Waals surface area contributed by atoms with Crippen LogP contribution >= 0.6 is 11.8 Å². The van der Waals surface area contributed by atoms with Gasteiger partial charge < -0.3 is 4.74 Å². The predicted octanol–water partition coefficient (Wildman–Crippen LogP) is 3.90. The number of ketones is 1. The number of para-hydroxylation sites is 1. The molecule has 3 heteroatoms. The topological polar surface area (TPSA) is 26.3 Å². The highest BCUT2D eigenvalue weighted by Crippen LogP contribution is 2.31. The first kappa shape index (κ1) is 13.3. The van der Waals surface area contributed by atoms with Crippen LogP contribution in [0.5, 0.6) is 5.75 Å². The number of ether oxygens (including phenoxy) is 1. The Morgan fingerprint density at radius 3 is 2.95 bits per heavy atom. The SMILES string of the molecule is Cc1cccc(SCC(=O)c2cccc3c2OCC3)c1. The van der Waals surface area contributed by atoms with E-state index in [1.54, 1.807) is 11.8 Å². The van der Waals surface area contributed by atoms with Crippen LogP contribution in [0.4, 0.5) is 0 Å². The fourth-order valence-corrected chi connectivity index (χ4v) is 3.26. The van der Waals surface area contributed by atoms with Crippen LogP contribution in [-0.2, 0) is 6.42 Å². The number of thioether (sulfide) groups is 1. The van der Waals surface area contributed by atoms with Crippen molar-refractivity contribution in [3.05, 3.63) is 59.2 Å². The molecule has 2 aromatic rings. The van der Waals surface area contributed by atoms with Gasteiger partial charge in [0, 0.05) is 11.3 Å². The van der Waals surface area contributed by atoms with Crippen molar-refractivity contribution < 1.29 is 9.53 Å². The van der Waals surface area contributed by atoms with Gasteiger partial charge in [-0.3, -0.25) is 4.79 Å². The van der Waals surface area contributed by atoms with Crippen molar-refractivity contribution in [2.75, 3.05) is 12.4 Å². The van der Waals surface area contributed by atoms with Gasteiger partial charge in [0.25, 0.3) is 0 Å². The zero-order chi connectivity index (χ0) is 13.9. The van der Waals surface area contributed by atoms with Crippen molar-refractivity contribution in [3.63, 3.8) is 0 Å². The van der Waals surface area contributed by atoms with Gasteiger partial charge in [0.05, 0.1) is 17.9 Å². The Hall–Kier alpha value is -1.74. The summed E-state index contributed by atoms with van der Waals surface area (Å²) in [5, 5.41) is 0. The molecule has 1 aliphatic heterocycles. The third-order valence-corrected chi connectivity index (χ3v) is 4.37. The number of carbonyl (C=O) groups excluding carboxylic acids is 1. The number of Topliss-reactive ketones (excluding diaryl/α,β-unsaturated/α-hetero) is 1. The molecule has 0 unspecified atom stereocenters. The lowest BCUT2D eigenvalue weighted by atomic mass is 10.1. The van der Waals surface area contributed by atoms with Crippen molar-refractivity contribution in [1.29, 1.82) is 0 Å². The van der Waals surface area contributed by atoms with Crippen LogP contribution in [0.2, 0.25) is 0 Å². The van der Waals surface area contributed by atoms with E-state index in [0.717, 1.165) is 28.2 Å². The number of hydrogen-bond acceptors (Lipinski definition) is 3. The monoisotopic (exact) mass is 284 g/mol. The lowest BCUT2D eigenvalue weighted by Gasteiger charge is -2.07. The maximum absolute atomic E-state index is 12.4. The summed E-state index contributed by atoms with van der Waals surface area (Å²) in [7, 11) is 0. The number of rotatable bonds is 4. The van der Waals surface area contributed by atoms with Crippen molar-refractivity contribution in [1.82, 2.24) is 0 Å². The first-order valence-electron chi connectivity index (χ1n) is 6.71. The molecule has 2 nitrogen and oxygen atoms in total. The van der Waals surface area contributed by atoms with Crippen molar-refractivity contribution in [2.45, 2.75) is 18.2 Å². The summed E-state index contributed by atoms with van der Waals surface area (Å²) >= 11 is 1.58. The van der Waals surface area contributed by atoms with E-state index in [4.69, 9.17) is 4.74 Å². The van der Waals surface area contributed by atoms with Crippen LogP contribution in [-0.4, -0.2) is 18.1 Å². The highest BCUT2D eigenvalue weighted by atomic mass is 32.2. The molecule has 0 atom stereocenters. The summed E-state index contributed by atoms with van der Waals surface area (Å²) in [5.41, 5.74) is 3.09. The largest absolute Gasteiger partial charge is 0.492 e. The van der Waals surface area contributed by atoms with Crippen LogP contribution in [0.3, 0.4) is 0 Å². The average molecular weight is 284 g/mol. The summed E-state index contributed by atoms with van der Waals surface area (Å²) in [6.45, 7) is 2.74. The van der Waals surface area contributed by atoms with Gasteiger partial charge in [0.1, 0.15) is 5.75 Å². The zero-order valence-corrected chi connectivity index (χ0v) is 12.2. The van der Waals surface area contributed by atoms with E-state index in [1.807, 2.05) is 30.3 Å². The van der Waals surface area contributed by atoms with Gasteiger partial charge in [-0.05, 0) is 30.7 Å². The van der Waals surface area contributed by atoms with Crippen molar-refractivity contribution in [2.24, 2.45) is 0 Å². The van der Waals surface area contributed by atoms with Crippen molar-refractivity contribution in [3.8, 4) is 5.75 Å². The number of benzene rings is 2.